The van der Waals surface area contributed by atoms with Gasteiger partial charge in [0, 0.05) is 37.2 Å². The predicted molar refractivity (Wildman–Crippen MR) is 90.7 cm³/mol. The van der Waals surface area contributed by atoms with Crippen molar-refractivity contribution in [3.63, 3.8) is 0 Å². The monoisotopic (exact) mass is 330 g/mol. The topological polar surface area (TPSA) is 76.0 Å². The van der Waals surface area contributed by atoms with E-state index >= 15 is 0 Å². The molecule has 0 heterocycles. The van der Waals surface area contributed by atoms with Gasteiger partial charge in [-0.15, -0.1) is 0 Å². The second kappa shape index (κ2) is 9.70. The van der Waals surface area contributed by atoms with E-state index in [9.17, 15) is 4.79 Å². The van der Waals surface area contributed by atoms with Crippen molar-refractivity contribution in [2.75, 3.05) is 26.4 Å². The Morgan fingerprint density at radius 3 is 1.42 bits per heavy atom. The molecule has 0 unspecified atom stereocenters. The van der Waals surface area contributed by atoms with E-state index in [1.807, 2.05) is 0 Å². The summed E-state index contributed by atoms with van der Waals surface area (Å²) in [6.45, 7) is 1.08. The van der Waals surface area contributed by atoms with Crippen LogP contribution in [0.3, 0.4) is 0 Å². The number of aliphatic hydroxyl groups excluding tert-OH is 2. The highest BCUT2D eigenvalue weighted by Gasteiger charge is 2.09. The summed E-state index contributed by atoms with van der Waals surface area (Å²) >= 11 is 0. The van der Waals surface area contributed by atoms with Gasteiger partial charge in [-0.05, 0) is 48.5 Å². The summed E-state index contributed by atoms with van der Waals surface area (Å²) in [5.41, 5.74) is 1.16. The Morgan fingerprint density at radius 1 is 0.708 bits per heavy atom. The van der Waals surface area contributed by atoms with E-state index in [-0.39, 0.29) is 19.0 Å². The molecule has 0 spiro atoms. The van der Waals surface area contributed by atoms with Crippen LogP contribution in [0.4, 0.5) is 0 Å². The number of ether oxygens (including phenoxy) is 2. The van der Waals surface area contributed by atoms with E-state index in [1.165, 1.54) is 0 Å². The maximum absolute atomic E-state index is 12.4. The minimum Gasteiger partial charge on any atom is -0.494 e. The Kier molecular flexibility index (Phi) is 7.26. The summed E-state index contributed by atoms with van der Waals surface area (Å²) in [7, 11) is 0. The number of carbonyl (C=O) groups excluding carboxylic acids is 1. The van der Waals surface area contributed by atoms with Crippen LogP contribution >= 0.6 is 0 Å². The summed E-state index contributed by atoms with van der Waals surface area (Å²) in [5.74, 6) is 1.28. The van der Waals surface area contributed by atoms with Crippen molar-refractivity contribution in [2.45, 2.75) is 12.8 Å². The number of benzene rings is 2. The van der Waals surface area contributed by atoms with Crippen molar-refractivity contribution in [2.24, 2.45) is 0 Å². The minimum absolute atomic E-state index is 0.0705. The number of aliphatic hydroxyl groups is 2. The minimum atomic E-state index is -0.0705. The zero-order chi connectivity index (χ0) is 17.2. The van der Waals surface area contributed by atoms with Crippen molar-refractivity contribution in [3.05, 3.63) is 59.7 Å². The lowest BCUT2D eigenvalue weighted by molar-refractivity contribution is 0.103. The molecule has 0 aliphatic heterocycles. The van der Waals surface area contributed by atoms with Crippen LogP contribution in [0.25, 0.3) is 0 Å². The standard InChI is InChI=1S/C19H22O5/c20-11-1-13-23-17-7-3-15(4-8-17)19(22)16-5-9-18(10-6-16)24-14-2-12-21/h3-10,20-21H,1-2,11-14H2. The zero-order valence-corrected chi connectivity index (χ0v) is 13.5. The molecule has 2 rings (SSSR count). The van der Waals surface area contributed by atoms with Crippen molar-refractivity contribution >= 4 is 5.78 Å². The first-order valence-electron chi connectivity index (χ1n) is 7.96. The molecule has 24 heavy (non-hydrogen) atoms. The van der Waals surface area contributed by atoms with Gasteiger partial charge in [0.1, 0.15) is 11.5 Å². The Balaban J connectivity index is 1.95. The molecular weight excluding hydrogens is 308 g/mol. The molecule has 0 amide bonds. The number of hydrogen-bond acceptors (Lipinski definition) is 5. The maximum atomic E-state index is 12.4. The largest absolute Gasteiger partial charge is 0.494 e. The molecule has 0 aromatic heterocycles. The Morgan fingerprint density at radius 2 is 1.08 bits per heavy atom. The number of carbonyl (C=O) groups is 1. The van der Waals surface area contributed by atoms with Gasteiger partial charge in [0.2, 0.25) is 0 Å². The van der Waals surface area contributed by atoms with E-state index in [4.69, 9.17) is 19.7 Å². The van der Waals surface area contributed by atoms with Gasteiger partial charge in [0.05, 0.1) is 13.2 Å². The fourth-order valence-electron chi connectivity index (χ4n) is 2.08. The van der Waals surface area contributed by atoms with Gasteiger partial charge in [-0.3, -0.25) is 4.79 Å². The van der Waals surface area contributed by atoms with E-state index in [0.29, 0.717) is 48.7 Å². The first kappa shape index (κ1) is 18.0. The lowest BCUT2D eigenvalue weighted by atomic mass is 10.0. The Labute approximate surface area is 141 Å². The first-order valence-corrected chi connectivity index (χ1v) is 7.96. The van der Waals surface area contributed by atoms with Crippen molar-refractivity contribution in [3.8, 4) is 11.5 Å². The summed E-state index contributed by atoms with van der Waals surface area (Å²) < 4.78 is 10.9. The molecule has 2 aromatic rings. The molecule has 2 N–H and O–H groups in total. The summed E-state index contributed by atoms with van der Waals surface area (Å²) in [5, 5.41) is 17.4. The Bertz CT molecular complexity index is 564. The van der Waals surface area contributed by atoms with E-state index in [2.05, 4.69) is 0 Å². The lowest BCUT2D eigenvalue weighted by Gasteiger charge is -2.07. The number of ketones is 1. The highest BCUT2D eigenvalue weighted by atomic mass is 16.5. The second-order valence-electron chi connectivity index (χ2n) is 5.23. The normalized spacial score (nSPS) is 10.4. The smallest absolute Gasteiger partial charge is 0.193 e. The van der Waals surface area contributed by atoms with Crippen LogP contribution in [0.1, 0.15) is 28.8 Å². The van der Waals surface area contributed by atoms with Crippen LogP contribution in [-0.4, -0.2) is 42.4 Å². The van der Waals surface area contributed by atoms with E-state index in [0.717, 1.165) is 0 Å². The number of rotatable bonds is 10. The zero-order valence-electron chi connectivity index (χ0n) is 13.5. The Hall–Kier alpha value is -2.37. The quantitative estimate of drug-likeness (QED) is 0.517. The molecule has 128 valence electrons. The predicted octanol–water partition coefficient (Wildman–Crippen LogP) is 2.44. The SMILES string of the molecule is O=C(c1ccc(OCCCO)cc1)c1ccc(OCCCO)cc1. The molecule has 5 nitrogen and oxygen atoms in total. The van der Waals surface area contributed by atoms with E-state index < -0.39 is 0 Å². The fraction of sp³-hybridized carbons (Fsp3) is 0.316. The molecule has 2 aromatic carbocycles. The highest BCUT2D eigenvalue weighted by Crippen LogP contribution is 2.18. The van der Waals surface area contributed by atoms with Crippen LogP contribution in [0.2, 0.25) is 0 Å². The molecule has 0 aliphatic carbocycles. The molecule has 0 fully saturated rings. The van der Waals surface area contributed by atoms with Gasteiger partial charge in [-0.2, -0.15) is 0 Å². The van der Waals surface area contributed by atoms with Gasteiger partial charge in [0.25, 0.3) is 0 Å². The van der Waals surface area contributed by atoms with Crippen LogP contribution in [0.5, 0.6) is 11.5 Å². The maximum Gasteiger partial charge on any atom is 0.193 e. The first-order chi connectivity index (χ1) is 11.7. The summed E-state index contributed by atoms with van der Waals surface area (Å²) in [4.78, 5) is 12.4. The number of hydrogen-bond donors (Lipinski definition) is 2. The van der Waals surface area contributed by atoms with Crippen molar-refractivity contribution < 1.29 is 24.5 Å². The van der Waals surface area contributed by atoms with Crippen LogP contribution < -0.4 is 9.47 Å². The molecule has 0 bridgehead atoms. The van der Waals surface area contributed by atoms with Crippen LogP contribution in [0.15, 0.2) is 48.5 Å². The van der Waals surface area contributed by atoms with Gasteiger partial charge in [0.15, 0.2) is 5.78 Å². The molecule has 0 atom stereocenters. The summed E-state index contributed by atoms with van der Waals surface area (Å²) in [6, 6.07) is 13.9. The van der Waals surface area contributed by atoms with Gasteiger partial charge >= 0.3 is 0 Å². The molecule has 0 saturated heterocycles. The molecular formula is C19H22O5. The van der Waals surface area contributed by atoms with Gasteiger partial charge in [-0.25, -0.2) is 0 Å². The molecule has 0 radical (unpaired) electrons. The van der Waals surface area contributed by atoms with Crippen LogP contribution in [0, 0.1) is 0 Å². The molecule has 0 aliphatic rings. The molecule has 5 heteroatoms. The average molecular weight is 330 g/mol. The third-order valence-corrected chi connectivity index (χ3v) is 3.38. The highest BCUT2D eigenvalue weighted by molar-refractivity contribution is 6.09. The van der Waals surface area contributed by atoms with Gasteiger partial charge in [-0.1, -0.05) is 0 Å². The van der Waals surface area contributed by atoms with Crippen molar-refractivity contribution in [1.29, 1.82) is 0 Å². The fourth-order valence-corrected chi connectivity index (χ4v) is 2.08. The molecule has 0 saturated carbocycles. The average Bonchev–Trinajstić information content (AvgIpc) is 2.63. The third kappa shape index (κ3) is 5.37. The second-order valence-corrected chi connectivity index (χ2v) is 5.23. The third-order valence-electron chi connectivity index (χ3n) is 3.38. The van der Waals surface area contributed by atoms with Crippen LogP contribution in [-0.2, 0) is 0 Å². The van der Waals surface area contributed by atoms with Gasteiger partial charge < -0.3 is 19.7 Å². The van der Waals surface area contributed by atoms with E-state index in [1.54, 1.807) is 48.5 Å². The van der Waals surface area contributed by atoms with Crippen molar-refractivity contribution in [1.82, 2.24) is 0 Å². The summed E-state index contributed by atoms with van der Waals surface area (Å²) in [6.07, 6.45) is 1.15. The lowest BCUT2D eigenvalue weighted by Crippen LogP contribution is -2.03.